The molecular weight excluding hydrogens is 240 g/mol. The predicted octanol–water partition coefficient (Wildman–Crippen LogP) is 2.72. The molecule has 1 saturated carbocycles. The van der Waals surface area contributed by atoms with E-state index < -0.39 is 5.91 Å². The highest BCUT2D eigenvalue weighted by Gasteiger charge is 2.26. The summed E-state index contributed by atoms with van der Waals surface area (Å²) in [6, 6.07) is 5.07. The fourth-order valence-electron chi connectivity index (χ4n) is 2.80. The van der Waals surface area contributed by atoms with Gasteiger partial charge in [0.1, 0.15) is 11.9 Å². The van der Waals surface area contributed by atoms with Crippen LogP contribution in [0, 0.1) is 5.92 Å². The van der Waals surface area contributed by atoms with E-state index in [9.17, 15) is 4.79 Å². The Labute approximate surface area is 114 Å². The highest BCUT2D eigenvalue weighted by Crippen LogP contribution is 2.32. The highest BCUT2D eigenvalue weighted by molar-refractivity contribution is 5.96. The maximum atomic E-state index is 11.5. The van der Waals surface area contributed by atoms with Crippen LogP contribution in [0.25, 0.3) is 0 Å². The van der Waals surface area contributed by atoms with Gasteiger partial charge >= 0.3 is 0 Å². The lowest BCUT2D eigenvalue weighted by Gasteiger charge is -2.31. The van der Waals surface area contributed by atoms with Gasteiger partial charge in [-0.2, -0.15) is 0 Å². The zero-order valence-electron chi connectivity index (χ0n) is 11.4. The smallest absolute Gasteiger partial charge is 0.252 e. The molecular formula is C15H22N2O2. The van der Waals surface area contributed by atoms with Crippen molar-refractivity contribution in [1.29, 1.82) is 0 Å². The van der Waals surface area contributed by atoms with Gasteiger partial charge in [-0.1, -0.05) is 13.3 Å². The van der Waals surface area contributed by atoms with Crippen molar-refractivity contribution in [3.63, 3.8) is 0 Å². The number of carbonyl (C=O) groups is 1. The average molecular weight is 262 g/mol. The Kier molecular flexibility index (Phi) is 4.30. The quantitative estimate of drug-likeness (QED) is 0.819. The second kappa shape index (κ2) is 5.95. The maximum Gasteiger partial charge on any atom is 0.252 e. The Morgan fingerprint density at radius 2 is 2.11 bits per heavy atom. The molecule has 2 rings (SSSR count). The second-order valence-corrected chi connectivity index (χ2v) is 5.23. The number of carbonyl (C=O) groups excluding carboxylic acids is 1. The van der Waals surface area contributed by atoms with E-state index in [-0.39, 0.29) is 6.10 Å². The van der Waals surface area contributed by atoms with Gasteiger partial charge in [0, 0.05) is 5.69 Å². The van der Waals surface area contributed by atoms with E-state index in [0.29, 0.717) is 22.9 Å². The third kappa shape index (κ3) is 3.19. The van der Waals surface area contributed by atoms with Crippen molar-refractivity contribution in [2.45, 2.75) is 45.1 Å². The molecule has 4 heteroatoms. The lowest BCUT2D eigenvalue weighted by molar-refractivity contribution is 0.0863. The SMILES string of the molecule is CCC1CCCCC1Oc1ccc(N)cc1C(N)=O. The zero-order chi connectivity index (χ0) is 13.8. The number of hydrogen-bond acceptors (Lipinski definition) is 3. The van der Waals surface area contributed by atoms with E-state index in [1.54, 1.807) is 18.2 Å². The summed E-state index contributed by atoms with van der Waals surface area (Å²) in [6.07, 6.45) is 5.97. The first kappa shape index (κ1) is 13.7. The van der Waals surface area contributed by atoms with Gasteiger partial charge in [-0.15, -0.1) is 0 Å². The number of primary amides is 1. The van der Waals surface area contributed by atoms with E-state index in [2.05, 4.69) is 6.92 Å². The molecule has 1 aromatic carbocycles. The molecule has 104 valence electrons. The van der Waals surface area contributed by atoms with Crippen molar-refractivity contribution in [2.24, 2.45) is 11.7 Å². The number of hydrogen-bond donors (Lipinski definition) is 2. The number of nitrogens with two attached hydrogens (primary N) is 2. The molecule has 0 aromatic heterocycles. The average Bonchev–Trinajstić information content (AvgIpc) is 2.41. The lowest BCUT2D eigenvalue weighted by atomic mass is 9.84. The fraction of sp³-hybridized carbons (Fsp3) is 0.533. The molecule has 0 radical (unpaired) electrons. The molecule has 2 unspecified atom stereocenters. The first-order valence-corrected chi connectivity index (χ1v) is 6.97. The van der Waals surface area contributed by atoms with E-state index in [0.717, 1.165) is 12.8 Å². The van der Waals surface area contributed by atoms with Gasteiger partial charge in [0.15, 0.2) is 0 Å². The van der Waals surface area contributed by atoms with Crippen molar-refractivity contribution < 1.29 is 9.53 Å². The van der Waals surface area contributed by atoms with Gasteiger partial charge in [0.25, 0.3) is 5.91 Å². The van der Waals surface area contributed by atoms with Crippen LogP contribution in [0.4, 0.5) is 5.69 Å². The van der Waals surface area contributed by atoms with Crippen LogP contribution in [0.15, 0.2) is 18.2 Å². The summed E-state index contributed by atoms with van der Waals surface area (Å²) >= 11 is 0. The van der Waals surface area contributed by atoms with Crippen LogP contribution in [-0.2, 0) is 0 Å². The first-order valence-electron chi connectivity index (χ1n) is 6.97. The Bertz CT molecular complexity index is 459. The molecule has 1 aliphatic carbocycles. The van der Waals surface area contributed by atoms with Crippen molar-refractivity contribution >= 4 is 11.6 Å². The normalized spacial score (nSPS) is 23.0. The molecule has 0 aliphatic heterocycles. The monoisotopic (exact) mass is 262 g/mol. The van der Waals surface area contributed by atoms with Crippen LogP contribution < -0.4 is 16.2 Å². The van der Waals surface area contributed by atoms with Gasteiger partial charge in [-0.25, -0.2) is 0 Å². The van der Waals surface area contributed by atoms with Crippen LogP contribution >= 0.6 is 0 Å². The minimum atomic E-state index is -0.494. The Balaban J connectivity index is 2.20. The summed E-state index contributed by atoms with van der Waals surface area (Å²) < 4.78 is 6.05. The largest absolute Gasteiger partial charge is 0.489 e. The molecule has 1 aromatic rings. The van der Waals surface area contributed by atoms with Gasteiger partial charge in [-0.05, 0) is 49.8 Å². The molecule has 4 N–H and O–H groups in total. The van der Waals surface area contributed by atoms with E-state index in [4.69, 9.17) is 16.2 Å². The molecule has 1 fully saturated rings. The van der Waals surface area contributed by atoms with Crippen LogP contribution in [0.5, 0.6) is 5.75 Å². The minimum Gasteiger partial charge on any atom is -0.489 e. The van der Waals surface area contributed by atoms with E-state index in [1.807, 2.05) is 0 Å². The predicted molar refractivity (Wildman–Crippen MR) is 76.0 cm³/mol. The van der Waals surface area contributed by atoms with Crippen molar-refractivity contribution in [3.8, 4) is 5.75 Å². The third-order valence-corrected chi connectivity index (χ3v) is 3.91. The summed E-state index contributed by atoms with van der Waals surface area (Å²) in [5, 5.41) is 0. The molecule has 1 amide bonds. The van der Waals surface area contributed by atoms with Crippen LogP contribution in [-0.4, -0.2) is 12.0 Å². The fourth-order valence-corrected chi connectivity index (χ4v) is 2.80. The van der Waals surface area contributed by atoms with Crippen molar-refractivity contribution in [2.75, 3.05) is 5.73 Å². The van der Waals surface area contributed by atoms with E-state index >= 15 is 0 Å². The van der Waals surface area contributed by atoms with Gasteiger partial charge in [0.2, 0.25) is 0 Å². The van der Waals surface area contributed by atoms with Crippen molar-refractivity contribution in [3.05, 3.63) is 23.8 Å². The molecule has 0 bridgehead atoms. The standard InChI is InChI=1S/C15H22N2O2/c1-2-10-5-3-4-6-13(10)19-14-8-7-11(16)9-12(14)15(17)18/h7-10,13H,2-6,16H2,1H3,(H2,17,18). The number of amides is 1. The minimum absolute atomic E-state index is 0.181. The molecule has 19 heavy (non-hydrogen) atoms. The third-order valence-electron chi connectivity index (χ3n) is 3.91. The Hall–Kier alpha value is -1.71. The number of benzene rings is 1. The van der Waals surface area contributed by atoms with Crippen molar-refractivity contribution in [1.82, 2.24) is 0 Å². The Morgan fingerprint density at radius 1 is 1.37 bits per heavy atom. The molecule has 0 spiro atoms. The lowest BCUT2D eigenvalue weighted by Crippen LogP contribution is -2.30. The van der Waals surface area contributed by atoms with Gasteiger partial charge in [0.05, 0.1) is 5.56 Å². The zero-order valence-corrected chi connectivity index (χ0v) is 11.4. The molecule has 2 atom stereocenters. The second-order valence-electron chi connectivity index (χ2n) is 5.23. The molecule has 4 nitrogen and oxygen atoms in total. The summed E-state index contributed by atoms with van der Waals surface area (Å²) in [5.41, 5.74) is 12.0. The number of rotatable bonds is 4. The van der Waals surface area contributed by atoms with Crippen LogP contribution in [0.1, 0.15) is 49.4 Å². The topological polar surface area (TPSA) is 78.3 Å². The number of nitrogen functional groups attached to an aromatic ring is 1. The first-order chi connectivity index (χ1) is 9.11. The van der Waals surface area contributed by atoms with Crippen LogP contribution in [0.3, 0.4) is 0 Å². The van der Waals surface area contributed by atoms with Gasteiger partial charge < -0.3 is 16.2 Å². The Morgan fingerprint density at radius 3 is 2.79 bits per heavy atom. The van der Waals surface area contributed by atoms with E-state index in [1.165, 1.54) is 19.3 Å². The van der Waals surface area contributed by atoms with Gasteiger partial charge in [-0.3, -0.25) is 4.79 Å². The molecule has 1 aliphatic rings. The van der Waals surface area contributed by atoms with Crippen LogP contribution in [0.2, 0.25) is 0 Å². The summed E-state index contributed by atoms with van der Waals surface area (Å²) in [5.74, 6) is 0.630. The maximum absolute atomic E-state index is 11.5. The summed E-state index contributed by atoms with van der Waals surface area (Å²) in [7, 11) is 0. The number of ether oxygens (including phenoxy) is 1. The molecule has 0 saturated heterocycles. The molecule has 0 heterocycles. The highest BCUT2D eigenvalue weighted by atomic mass is 16.5. The summed E-state index contributed by atoms with van der Waals surface area (Å²) in [4.78, 5) is 11.5. The number of anilines is 1. The summed E-state index contributed by atoms with van der Waals surface area (Å²) in [6.45, 7) is 2.18.